The zero-order valence-corrected chi connectivity index (χ0v) is 18.7. The molecule has 3 N–H and O–H groups in total. The summed E-state index contributed by atoms with van der Waals surface area (Å²) in [7, 11) is 0. The number of carbonyl (C=O) groups excluding carboxylic acids is 1. The van der Waals surface area contributed by atoms with Crippen molar-refractivity contribution < 1.29 is 24.9 Å². The van der Waals surface area contributed by atoms with Crippen LogP contribution in [0.4, 0.5) is 0 Å². The number of ether oxygens (including phenoxy) is 1. The molecule has 0 radical (unpaired) electrons. The van der Waals surface area contributed by atoms with Gasteiger partial charge in [-0.05, 0) is 59.1 Å². The summed E-state index contributed by atoms with van der Waals surface area (Å²) in [6.07, 6.45) is 3.80. The molecule has 31 heavy (non-hydrogen) atoms. The molecular formula is C26H30O5. The van der Waals surface area contributed by atoms with Crippen molar-refractivity contribution in [3.63, 3.8) is 0 Å². The molecule has 3 rings (SSSR count). The van der Waals surface area contributed by atoms with Crippen LogP contribution in [0.5, 0.6) is 23.0 Å². The average molecular weight is 423 g/mol. The maximum atomic E-state index is 13.1. The molecule has 5 heteroatoms. The molecule has 0 saturated carbocycles. The van der Waals surface area contributed by atoms with Gasteiger partial charge in [0.15, 0.2) is 5.78 Å². The van der Waals surface area contributed by atoms with Crippen LogP contribution in [0.1, 0.15) is 72.8 Å². The standard InChI is InChI=1S/C26H30O5/c1-14(2)6-9-18-24(29)19(10-7-15(3)4)26-23(25(18)30)21(28)13-22(31-26)17-11-8-16(5)12-20(17)27/h6-8,11-12,22,27,29-30H,9-10,13H2,1-5H3/t22-/m0/s1. The SMILES string of the molecule is CC(C)=CCc1c(O)c(CC=C(C)C)c2c(c1O)C(=O)C[C@@H](c1ccc(C)cc1O)O2. The summed E-state index contributed by atoms with van der Waals surface area (Å²) in [6.45, 7) is 9.64. The highest BCUT2D eigenvalue weighted by Gasteiger charge is 2.36. The van der Waals surface area contributed by atoms with Crippen LogP contribution in [0.3, 0.4) is 0 Å². The highest BCUT2D eigenvalue weighted by molar-refractivity contribution is 6.04. The number of hydrogen-bond acceptors (Lipinski definition) is 5. The second kappa shape index (κ2) is 8.88. The molecule has 0 fully saturated rings. The second-order valence-corrected chi connectivity index (χ2v) is 8.63. The number of phenolic OH excluding ortho intramolecular Hbond substituents is 3. The van der Waals surface area contributed by atoms with E-state index in [-0.39, 0.29) is 40.8 Å². The summed E-state index contributed by atoms with van der Waals surface area (Å²) in [6, 6.07) is 5.21. The van der Waals surface area contributed by atoms with Crippen LogP contribution < -0.4 is 4.74 Å². The van der Waals surface area contributed by atoms with Crippen LogP contribution in [0.15, 0.2) is 41.5 Å². The molecule has 1 heterocycles. The Hall–Kier alpha value is -3.21. The number of allylic oxidation sites excluding steroid dienone is 4. The topological polar surface area (TPSA) is 87.0 Å². The molecule has 1 aliphatic heterocycles. The van der Waals surface area contributed by atoms with Gasteiger partial charge in [0.2, 0.25) is 0 Å². The number of phenols is 3. The van der Waals surface area contributed by atoms with Crippen LogP contribution in [-0.2, 0) is 12.8 Å². The van der Waals surface area contributed by atoms with E-state index >= 15 is 0 Å². The molecule has 164 valence electrons. The maximum Gasteiger partial charge on any atom is 0.174 e. The molecule has 0 amide bonds. The van der Waals surface area contributed by atoms with E-state index in [1.165, 1.54) is 0 Å². The monoisotopic (exact) mass is 422 g/mol. The average Bonchev–Trinajstić information content (AvgIpc) is 2.66. The number of aryl methyl sites for hydroxylation is 1. The van der Waals surface area contributed by atoms with Gasteiger partial charge in [0.25, 0.3) is 0 Å². The van der Waals surface area contributed by atoms with E-state index in [0.717, 1.165) is 16.7 Å². The number of ketones is 1. The Kier molecular flexibility index (Phi) is 6.44. The van der Waals surface area contributed by atoms with Gasteiger partial charge in [-0.15, -0.1) is 0 Å². The molecule has 1 aliphatic rings. The fourth-order valence-electron chi connectivity index (χ4n) is 3.75. The van der Waals surface area contributed by atoms with Gasteiger partial charge in [0.1, 0.15) is 34.7 Å². The summed E-state index contributed by atoms with van der Waals surface area (Å²) in [4.78, 5) is 13.1. The highest BCUT2D eigenvalue weighted by atomic mass is 16.5. The summed E-state index contributed by atoms with van der Waals surface area (Å²) < 4.78 is 6.17. The highest BCUT2D eigenvalue weighted by Crippen LogP contribution is 2.49. The van der Waals surface area contributed by atoms with Gasteiger partial charge < -0.3 is 20.1 Å². The van der Waals surface area contributed by atoms with Gasteiger partial charge in [-0.3, -0.25) is 4.79 Å². The summed E-state index contributed by atoms with van der Waals surface area (Å²) in [5.41, 5.74) is 4.40. The lowest BCUT2D eigenvalue weighted by atomic mass is 9.88. The third-order valence-electron chi connectivity index (χ3n) is 5.47. The fourth-order valence-corrected chi connectivity index (χ4v) is 3.75. The molecule has 0 aliphatic carbocycles. The quantitative estimate of drug-likeness (QED) is 0.527. The minimum Gasteiger partial charge on any atom is -0.508 e. The van der Waals surface area contributed by atoms with E-state index in [9.17, 15) is 20.1 Å². The largest absolute Gasteiger partial charge is 0.508 e. The molecule has 5 nitrogen and oxygen atoms in total. The predicted molar refractivity (Wildman–Crippen MR) is 121 cm³/mol. The van der Waals surface area contributed by atoms with E-state index in [4.69, 9.17) is 4.74 Å². The predicted octanol–water partition coefficient (Wildman–Crippen LogP) is 5.84. The number of hydrogen-bond donors (Lipinski definition) is 3. The van der Waals surface area contributed by atoms with Crippen LogP contribution in [-0.4, -0.2) is 21.1 Å². The van der Waals surface area contributed by atoms with E-state index in [1.807, 2.05) is 52.8 Å². The van der Waals surface area contributed by atoms with E-state index < -0.39 is 6.10 Å². The third-order valence-corrected chi connectivity index (χ3v) is 5.47. The number of aromatic hydroxyl groups is 3. The van der Waals surface area contributed by atoms with Crippen LogP contribution in [0.2, 0.25) is 0 Å². The van der Waals surface area contributed by atoms with Gasteiger partial charge in [-0.25, -0.2) is 0 Å². The van der Waals surface area contributed by atoms with Crippen molar-refractivity contribution in [2.45, 2.75) is 60.0 Å². The van der Waals surface area contributed by atoms with Crippen LogP contribution in [0, 0.1) is 6.92 Å². The lowest BCUT2D eigenvalue weighted by molar-refractivity contribution is 0.0839. The Morgan fingerprint density at radius 2 is 1.61 bits per heavy atom. The molecule has 0 unspecified atom stereocenters. The molecular weight excluding hydrogens is 392 g/mol. The van der Waals surface area contributed by atoms with E-state index in [1.54, 1.807) is 12.1 Å². The Bertz CT molecular complexity index is 1080. The van der Waals surface area contributed by atoms with E-state index in [0.29, 0.717) is 29.5 Å². The van der Waals surface area contributed by atoms with Crippen molar-refractivity contribution in [2.24, 2.45) is 0 Å². The van der Waals surface area contributed by atoms with Gasteiger partial charge in [-0.2, -0.15) is 0 Å². The number of fused-ring (bicyclic) bond motifs is 1. The molecule has 2 aromatic carbocycles. The van der Waals surface area contributed by atoms with Gasteiger partial charge >= 0.3 is 0 Å². The van der Waals surface area contributed by atoms with Crippen molar-refractivity contribution in [1.29, 1.82) is 0 Å². The van der Waals surface area contributed by atoms with Gasteiger partial charge in [0.05, 0.1) is 6.42 Å². The summed E-state index contributed by atoms with van der Waals surface area (Å²) in [5, 5.41) is 32.3. The first-order valence-electron chi connectivity index (χ1n) is 10.5. The zero-order valence-electron chi connectivity index (χ0n) is 18.7. The normalized spacial score (nSPS) is 15.1. The lowest BCUT2D eigenvalue weighted by Gasteiger charge is -2.29. The van der Waals surface area contributed by atoms with Crippen molar-refractivity contribution in [1.82, 2.24) is 0 Å². The van der Waals surface area contributed by atoms with Crippen LogP contribution in [0.25, 0.3) is 0 Å². The van der Waals surface area contributed by atoms with Crippen LogP contribution >= 0.6 is 0 Å². The zero-order chi connectivity index (χ0) is 22.9. The van der Waals surface area contributed by atoms with Crippen molar-refractivity contribution >= 4 is 5.78 Å². The Labute approximate surface area is 183 Å². The molecule has 0 spiro atoms. The van der Waals surface area contributed by atoms with Gasteiger partial charge in [0, 0.05) is 16.7 Å². The second-order valence-electron chi connectivity index (χ2n) is 8.63. The molecule has 2 aromatic rings. The number of Topliss-reactive ketones (excluding diaryl/α,β-unsaturated/α-hetero) is 1. The number of carbonyl (C=O) groups is 1. The first kappa shape index (κ1) is 22.5. The number of benzene rings is 2. The molecule has 1 atom stereocenters. The Morgan fingerprint density at radius 1 is 1.00 bits per heavy atom. The molecule has 0 bridgehead atoms. The van der Waals surface area contributed by atoms with Gasteiger partial charge in [-0.1, -0.05) is 35.4 Å². The lowest BCUT2D eigenvalue weighted by Crippen LogP contribution is -2.22. The summed E-state index contributed by atoms with van der Waals surface area (Å²) >= 11 is 0. The summed E-state index contributed by atoms with van der Waals surface area (Å²) in [5.74, 6) is -0.327. The first-order valence-corrected chi connectivity index (χ1v) is 10.5. The fraction of sp³-hybridized carbons (Fsp3) is 0.346. The van der Waals surface area contributed by atoms with E-state index in [2.05, 4.69) is 0 Å². The number of rotatable bonds is 5. The van der Waals surface area contributed by atoms with Crippen molar-refractivity contribution in [2.75, 3.05) is 0 Å². The molecule has 0 aromatic heterocycles. The molecule has 0 saturated heterocycles. The van der Waals surface area contributed by atoms with Crippen molar-refractivity contribution in [3.05, 3.63) is 69.3 Å². The maximum absolute atomic E-state index is 13.1. The first-order chi connectivity index (χ1) is 14.6. The minimum atomic E-state index is -0.700. The Balaban J connectivity index is 2.18. The smallest absolute Gasteiger partial charge is 0.174 e. The Morgan fingerprint density at radius 3 is 2.19 bits per heavy atom. The minimum absolute atomic E-state index is 0.00781. The van der Waals surface area contributed by atoms with Crippen molar-refractivity contribution in [3.8, 4) is 23.0 Å². The third kappa shape index (κ3) is 4.61.